The normalized spacial score (nSPS) is 13.7. The molecule has 10 heteroatoms. The summed E-state index contributed by atoms with van der Waals surface area (Å²) in [5.74, 6) is -2.51. The first-order valence-corrected chi connectivity index (χ1v) is 10.0. The molecule has 29 heavy (non-hydrogen) atoms. The van der Waals surface area contributed by atoms with Gasteiger partial charge in [-0.3, -0.25) is 0 Å². The highest BCUT2D eigenvalue weighted by molar-refractivity contribution is 7.90. The second-order valence-electron chi connectivity index (χ2n) is 5.76. The van der Waals surface area contributed by atoms with Crippen LogP contribution in [0.3, 0.4) is 0 Å². The molecule has 154 valence electrons. The lowest BCUT2D eigenvalue weighted by Crippen LogP contribution is -2.28. The van der Waals surface area contributed by atoms with Gasteiger partial charge in [0.25, 0.3) is 0 Å². The van der Waals surface area contributed by atoms with Crippen molar-refractivity contribution in [2.45, 2.75) is 4.90 Å². The molecule has 1 aliphatic rings. The van der Waals surface area contributed by atoms with Gasteiger partial charge in [0, 0.05) is 12.5 Å². The van der Waals surface area contributed by atoms with Crippen LogP contribution in [-0.4, -0.2) is 53.9 Å². The lowest BCUT2D eigenvalue weighted by atomic mass is 10.1. The Labute approximate surface area is 167 Å². The highest BCUT2D eigenvalue weighted by Gasteiger charge is 2.30. The van der Waals surface area contributed by atoms with E-state index < -0.39 is 27.7 Å². The lowest BCUT2D eigenvalue weighted by molar-refractivity contribution is -0.139. The smallest absolute Gasteiger partial charge is 0.355 e. The molecule has 0 fully saturated rings. The average Bonchev–Trinajstić information content (AvgIpc) is 2.93. The summed E-state index contributed by atoms with van der Waals surface area (Å²) in [5, 5.41) is 0. The van der Waals surface area contributed by atoms with Crippen molar-refractivity contribution in [1.82, 2.24) is 0 Å². The fourth-order valence-electron chi connectivity index (χ4n) is 2.58. The van der Waals surface area contributed by atoms with E-state index in [2.05, 4.69) is 0 Å². The van der Waals surface area contributed by atoms with Gasteiger partial charge >= 0.3 is 17.9 Å². The molecule has 0 bridgehead atoms. The molecule has 0 radical (unpaired) electrons. The molecule has 1 aliphatic heterocycles. The summed E-state index contributed by atoms with van der Waals surface area (Å²) in [4.78, 5) is 38.2. The number of esters is 3. The topological polar surface area (TPSA) is 116 Å². The van der Waals surface area contributed by atoms with Gasteiger partial charge in [-0.15, -0.1) is 0 Å². The lowest BCUT2D eigenvalue weighted by Gasteiger charge is -2.25. The molecule has 0 atom stereocenters. The van der Waals surface area contributed by atoms with Gasteiger partial charge in [-0.1, -0.05) is 6.08 Å². The zero-order valence-electron chi connectivity index (χ0n) is 16.2. The molecule has 2 rings (SSSR count). The van der Waals surface area contributed by atoms with E-state index in [0.717, 1.165) is 33.7 Å². The quantitative estimate of drug-likeness (QED) is 0.513. The maximum atomic E-state index is 12.5. The number of carbonyl (C=O) groups is 3. The number of ether oxygens (including phenoxy) is 3. The van der Waals surface area contributed by atoms with Crippen molar-refractivity contribution in [3.8, 4) is 0 Å². The number of allylic oxidation sites excluding steroid dienone is 2. The van der Waals surface area contributed by atoms with Crippen LogP contribution < -0.4 is 4.90 Å². The molecule has 0 spiro atoms. The van der Waals surface area contributed by atoms with Crippen LogP contribution in [0.4, 0.5) is 5.69 Å². The van der Waals surface area contributed by atoms with E-state index in [1.54, 1.807) is 0 Å². The van der Waals surface area contributed by atoms with Gasteiger partial charge in [0.05, 0.1) is 43.0 Å². The van der Waals surface area contributed by atoms with Crippen LogP contribution in [0, 0.1) is 0 Å². The van der Waals surface area contributed by atoms with Crippen molar-refractivity contribution in [2.75, 3.05) is 32.5 Å². The number of sulfone groups is 1. The molecule has 0 aromatic heterocycles. The first-order valence-electron chi connectivity index (χ1n) is 8.13. The minimum absolute atomic E-state index is 0.103. The standard InChI is InChI=1S/C19H19NO8S/c1-26-17(21)13-7-5-6-10-20(16(13)19(23)28-3)15-9-8-12(29(4,24)25)11-14(15)18(22)27-2/h5-11H,1-4H3. The third-order valence-electron chi connectivity index (χ3n) is 3.95. The number of carbonyl (C=O) groups excluding carboxylic acids is 3. The molecular formula is C19H19NO8S. The van der Waals surface area contributed by atoms with Crippen LogP contribution in [0.15, 0.2) is 58.8 Å². The molecule has 1 aromatic rings. The zero-order chi connectivity index (χ0) is 21.8. The van der Waals surface area contributed by atoms with Gasteiger partial charge in [0.1, 0.15) is 5.70 Å². The van der Waals surface area contributed by atoms with E-state index >= 15 is 0 Å². The summed E-state index contributed by atoms with van der Waals surface area (Å²) in [5.41, 5.74) is -0.368. The summed E-state index contributed by atoms with van der Waals surface area (Å²) in [6, 6.07) is 3.74. The third kappa shape index (κ3) is 4.54. The zero-order valence-corrected chi connectivity index (χ0v) is 17.0. The van der Waals surface area contributed by atoms with Crippen LogP contribution in [-0.2, 0) is 33.6 Å². The van der Waals surface area contributed by atoms with E-state index in [4.69, 9.17) is 14.2 Å². The van der Waals surface area contributed by atoms with Crippen molar-refractivity contribution >= 4 is 33.4 Å². The van der Waals surface area contributed by atoms with Gasteiger partial charge in [0.2, 0.25) is 0 Å². The highest BCUT2D eigenvalue weighted by Crippen LogP contribution is 2.31. The number of nitrogens with zero attached hydrogens (tertiary/aromatic N) is 1. The first-order chi connectivity index (χ1) is 13.6. The second-order valence-corrected chi connectivity index (χ2v) is 7.77. The van der Waals surface area contributed by atoms with Crippen molar-refractivity contribution in [1.29, 1.82) is 0 Å². The Morgan fingerprint density at radius 1 is 0.897 bits per heavy atom. The van der Waals surface area contributed by atoms with Crippen LogP contribution in [0.5, 0.6) is 0 Å². The van der Waals surface area contributed by atoms with Gasteiger partial charge < -0.3 is 19.1 Å². The Morgan fingerprint density at radius 2 is 1.52 bits per heavy atom. The number of benzene rings is 1. The molecule has 0 unspecified atom stereocenters. The summed E-state index contributed by atoms with van der Waals surface area (Å²) < 4.78 is 38.1. The Kier molecular flexibility index (Phi) is 6.60. The average molecular weight is 421 g/mol. The van der Waals surface area contributed by atoms with Gasteiger partial charge in [-0.25, -0.2) is 22.8 Å². The monoisotopic (exact) mass is 421 g/mol. The molecule has 0 saturated heterocycles. The predicted octanol–water partition coefficient (Wildman–Crippen LogP) is 1.37. The van der Waals surface area contributed by atoms with E-state index in [1.165, 1.54) is 41.5 Å². The Balaban J connectivity index is 2.83. The van der Waals surface area contributed by atoms with Gasteiger partial charge in [0.15, 0.2) is 9.84 Å². The van der Waals surface area contributed by atoms with Gasteiger partial charge in [-0.05, 0) is 30.4 Å². The van der Waals surface area contributed by atoms with Crippen LogP contribution in [0.25, 0.3) is 0 Å². The minimum atomic E-state index is -3.62. The van der Waals surface area contributed by atoms with Crippen LogP contribution in [0.1, 0.15) is 10.4 Å². The summed E-state index contributed by atoms with van der Waals surface area (Å²) >= 11 is 0. The fraction of sp³-hybridized carbons (Fsp3) is 0.211. The Bertz CT molecular complexity index is 1050. The van der Waals surface area contributed by atoms with E-state index in [1.807, 2.05) is 0 Å². The number of methoxy groups -OCH3 is 3. The molecule has 1 aromatic carbocycles. The second kappa shape index (κ2) is 8.74. The molecule has 0 saturated carbocycles. The predicted molar refractivity (Wildman–Crippen MR) is 103 cm³/mol. The largest absolute Gasteiger partial charge is 0.465 e. The molecular weight excluding hydrogens is 402 g/mol. The van der Waals surface area contributed by atoms with Gasteiger partial charge in [-0.2, -0.15) is 0 Å². The maximum Gasteiger partial charge on any atom is 0.355 e. The van der Waals surface area contributed by atoms with Crippen molar-refractivity contribution in [3.63, 3.8) is 0 Å². The Morgan fingerprint density at radius 3 is 2.07 bits per heavy atom. The highest BCUT2D eigenvalue weighted by atomic mass is 32.2. The van der Waals surface area contributed by atoms with Crippen molar-refractivity contribution in [3.05, 3.63) is 59.5 Å². The first kappa shape index (κ1) is 21.9. The maximum absolute atomic E-state index is 12.5. The van der Waals surface area contributed by atoms with Crippen molar-refractivity contribution < 1.29 is 37.0 Å². The summed E-state index contributed by atoms with van der Waals surface area (Å²) in [6.45, 7) is 0. The molecule has 1 heterocycles. The van der Waals surface area contributed by atoms with Crippen LogP contribution >= 0.6 is 0 Å². The van der Waals surface area contributed by atoms with Crippen molar-refractivity contribution in [2.24, 2.45) is 0 Å². The fourth-order valence-corrected chi connectivity index (χ4v) is 3.23. The summed E-state index contributed by atoms with van der Waals surface area (Å²) in [6.07, 6.45) is 6.79. The number of rotatable bonds is 5. The van der Waals surface area contributed by atoms with Crippen LogP contribution in [0.2, 0.25) is 0 Å². The third-order valence-corrected chi connectivity index (χ3v) is 5.06. The molecule has 0 amide bonds. The number of hydrogen-bond acceptors (Lipinski definition) is 9. The molecule has 9 nitrogen and oxygen atoms in total. The minimum Gasteiger partial charge on any atom is -0.465 e. The SMILES string of the molecule is COC(=O)C1=C(C(=O)OC)N(c2ccc(S(C)(=O)=O)cc2C(=O)OC)C=CC=C1. The van der Waals surface area contributed by atoms with E-state index in [0.29, 0.717) is 0 Å². The molecule has 0 aliphatic carbocycles. The summed E-state index contributed by atoms with van der Waals surface area (Å²) in [7, 11) is -0.196. The number of anilines is 1. The number of hydrogen-bond donors (Lipinski definition) is 0. The molecule has 0 N–H and O–H groups in total. The van der Waals surface area contributed by atoms with E-state index in [9.17, 15) is 22.8 Å². The van der Waals surface area contributed by atoms with E-state index in [-0.39, 0.29) is 27.4 Å². The Hall–Kier alpha value is -3.40.